The second-order valence-electron chi connectivity index (χ2n) is 12.5. The van der Waals surface area contributed by atoms with Crippen LogP contribution in [0.4, 0.5) is 0 Å². The zero-order chi connectivity index (χ0) is 22.6. The van der Waals surface area contributed by atoms with Gasteiger partial charge in [-0.2, -0.15) is 5.26 Å². The van der Waals surface area contributed by atoms with Crippen LogP contribution in [0, 0.1) is 34.5 Å². The molecule has 0 amide bonds. The summed E-state index contributed by atoms with van der Waals surface area (Å²) < 4.78 is 6.83. The number of aryl methyl sites for hydroxylation is 2. The fourth-order valence-electron chi connectivity index (χ4n) is 7.00. The predicted octanol–water partition coefficient (Wildman–Crippen LogP) is 8.02. The summed E-state index contributed by atoms with van der Waals surface area (Å²) in [7, 11) is -1.84. The molecule has 0 bridgehead atoms. The highest BCUT2D eigenvalue weighted by Gasteiger charge is 2.54. The van der Waals surface area contributed by atoms with Gasteiger partial charge in [0.15, 0.2) is 0 Å². The van der Waals surface area contributed by atoms with Gasteiger partial charge in [-0.25, -0.2) is 0 Å². The van der Waals surface area contributed by atoms with Crippen molar-refractivity contribution in [2.45, 2.75) is 110 Å². The predicted molar refractivity (Wildman–Crippen MR) is 132 cm³/mol. The summed E-state index contributed by atoms with van der Waals surface area (Å²) in [5, 5.41) is 9.57. The van der Waals surface area contributed by atoms with E-state index in [2.05, 4.69) is 65.9 Å². The molecule has 5 atom stereocenters. The molecular weight excluding hydrogens is 394 g/mol. The van der Waals surface area contributed by atoms with Gasteiger partial charge in [-0.3, -0.25) is 0 Å². The van der Waals surface area contributed by atoms with E-state index >= 15 is 0 Å². The van der Waals surface area contributed by atoms with E-state index in [-0.39, 0.29) is 5.04 Å². The van der Waals surface area contributed by atoms with Crippen molar-refractivity contribution < 1.29 is 4.43 Å². The molecule has 2 fully saturated rings. The lowest BCUT2D eigenvalue weighted by molar-refractivity contribution is 0.0297. The molecule has 4 rings (SSSR count). The summed E-state index contributed by atoms with van der Waals surface area (Å²) in [5.41, 5.74) is 5.00. The molecule has 0 spiro atoms. The van der Waals surface area contributed by atoms with Gasteiger partial charge in [-0.05, 0) is 115 Å². The minimum Gasteiger partial charge on any atom is -0.543 e. The lowest BCUT2D eigenvalue weighted by Gasteiger charge is -2.51. The number of hydrogen-bond donors (Lipinski definition) is 0. The van der Waals surface area contributed by atoms with Gasteiger partial charge in [-0.1, -0.05) is 40.7 Å². The highest BCUT2D eigenvalue weighted by atomic mass is 28.4. The van der Waals surface area contributed by atoms with E-state index in [0.717, 1.165) is 30.6 Å². The number of fused-ring (bicyclic) bond motifs is 5. The van der Waals surface area contributed by atoms with Crippen molar-refractivity contribution in [3.63, 3.8) is 0 Å². The minimum absolute atomic E-state index is 0.218. The quantitative estimate of drug-likeness (QED) is 0.447. The second kappa shape index (κ2) is 7.94. The summed E-state index contributed by atoms with van der Waals surface area (Å²) in [5.74, 6) is 4.13. The highest BCUT2D eigenvalue weighted by molar-refractivity contribution is 6.74. The van der Waals surface area contributed by atoms with E-state index < -0.39 is 8.32 Å². The Hall–Kier alpha value is -1.27. The van der Waals surface area contributed by atoms with Crippen LogP contribution in [0.25, 0.3) is 0 Å². The zero-order valence-electron chi connectivity index (χ0n) is 21.0. The molecular formula is C28H43NOSi. The summed E-state index contributed by atoms with van der Waals surface area (Å²) >= 11 is 0. The molecule has 0 saturated heterocycles. The molecule has 0 N–H and O–H groups in total. The number of rotatable bonds is 4. The Balaban J connectivity index is 1.64. The van der Waals surface area contributed by atoms with Crippen molar-refractivity contribution in [3.8, 4) is 11.8 Å². The van der Waals surface area contributed by atoms with Gasteiger partial charge >= 0.3 is 0 Å². The van der Waals surface area contributed by atoms with E-state index in [4.69, 9.17) is 4.43 Å². The van der Waals surface area contributed by atoms with Crippen LogP contribution in [0.3, 0.4) is 0 Å². The zero-order valence-corrected chi connectivity index (χ0v) is 22.0. The van der Waals surface area contributed by atoms with E-state index in [9.17, 15) is 5.26 Å². The largest absolute Gasteiger partial charge is 0.543 e. The van der Waals surface area contributed by atoms with Crippen LogP contribution in [0.1, 0.15) is 95.8 Å². The fraction of sp³-hybridized carbons (Fsp3) is 0.750. The van der Waals surface area contributed by atoms with Gasteiger partial charge in [0.2, 0.25) is 8.32 Å². The molecule has 3 unspecified atom stereocenters. The SMILES string of the molecule is CCc1cc2c(cc1O[Si](C)(C)C(C)(C)C)CCC1C2CC[C@@]2(C)C1CC[C@@H]2CC#N. The molecule has 31 heavy (non-hydrogen) atoms. The van der Waals surface area contributed by atoms with Crippen LogP contribution >= 0.6 is 0 Å². The molecule has 1 aromatic rings. The third-order valence-corrected chi connectivity index (χ3v) is 14.3. The maximum absolute atomic E-state index is 9.35. The number of nitriles is 1. The standard InChI is InChI=1S/C28H43NOSi/c1-8-19-17-24-20(18-26(19)30-31(6,7)27(2,3)4)9-11-23-22(24)13-15-28(5)21(14-16-29)10-12-25(23)28/h17-18,21-23,25H,8-15H2,1-7H3/t21-,22?,23?,25?,28-/m1/s1. The van der Waals surface area contributed by atoms with Crippen LogP contribution in [0.5, 0.6) is 5.75 Å². The Morgan fingerprint density at radius 1 is 1.16 bits per heavy atom. The van der Waals surface area contributed by atoms with Crippen molar-refractivity contribution in [1.82, 2.24) is 0 Å². The molecule has 2 nitrogen and oxygen atoms in total. The first-order valence-electron chi connectivity index (χ1n) is 12.7. The second-order valence-corrected chi connectivity index (χ2v) is 17.2. The molecule has 3 aliphatic rings. The van der Waals surface area contributed by atoms with Gasteiger partial charge in [0.25, 0.3) is 0 Å². The summed E-state index contributed by atoms with van der Waals surface area (Å²) in [4.78, 5) is 0. The molecule has 0 aliphatic heterocycles. The van der Waals surface area contributed by atoms with Gasteiger partial charge in [-0.15, -0.1) is 0 Å². The molecule has 0 heterocycles. The van der Waals surface area contributed by atoms with E-state index in [0.29, 0.717) is 11.3 Å². The van der Waals surface area contributed by atoms with Crippen LogP contribution in [0.2, 0.25) is 18.1 Å². The Kier molecular flexibility index (Phi) is 5.87. The molecule has 2 saturated carbocycles. The third kappa shape index (κ3) is 3.78. The fourth-order valence-corrected chi connectivity index (χ4v) is 8.05. The molecule has 0 radical (unpaired) electrons. The van der Waals surface area contributed by atoms with Gasteiger partial charge < -0.3 is 4.43 Å². The molecule has 3 heteroatoms. The smallest absolute Gasteiger partial charge is 0.250 e. The number of nitrogens with zero attached hydrogens (tertiary/aromatic N) is 1. The van der Waals surface area contributed by atoms with Gasteiger partial charge in [0.05, 0.1) is 6.07 Å². The van der Waals surface area contributed by atoms with E-state index in [1.54, 1.807) is 11.1 Å². The summed E-state index contributed by atoms with van der Waals surface area (Å²) in [6.07, 6.45) is 9.53. The first-order valence-corrected chi connectivity index (χ1v) is 15.6. The van der Waals surface area contributed by atoms with Gasteiger partial charge in [0, 0.05) is 6.42 Å². The van der Waals surface area contributed by atoms with Crippen LogP contribution in [0.15, 0.2) is 12.1 Å². The topological polar surface area (TPSA) is 33.0 Å². The lowest BCUT2D eigenvalue weighted by Crippen LogP contribution is -2.44. The average Bonchev–Trinajstić information content (AvgIpc) is 3.03. The minimum atomic E-state index is -1.84. The average molecular weight is 438 g/mol. The Bertz CT molecular complexity index is 876. The highest BCUT2D eigenvalue weighted by Crippen LogP contribution is 2.63. The molecule has 1 aromatic carbocycles. The van der Waals surface area contributed by atoms with Crippen molar-refractivity contribution in [2.75, 3.05) is 0 Å². The van der Waals surface area contributed by atoms with Crippen LogP contribution < -0.4 is 4.43 Å². The first kappa shape index (κ1) is 22.9. The molecule has 0 aromatic heterocycles. The van der Waals surface area contributed by atoms with E-state index in [1.165, 1.54) is 49.8 Å². The molecule has 170 valence electrons. The van der Waals surface area contributed by atoms with E-state index in [1.807, 2.05) is 0 Å². The van der Waals surface area contributed by atoms with Gasteiger partial charge in [0.1, 0.15) is 5.75 Å². The summed E-state index contributed by atoms with van der Waals surface area (Å²) in [6.45, 7) is 16.5. The Morgan fingerprint density at radius 3 is 2.55 bits per heavy atom. The Labute approximate surface area is 191 Å². The Morgan fingerprint density at radius 2 is 1.90 bits per heavy atom. The van der Waals surface area contributed by atoms with Crippen molar-refractivity contribution in [2.24, 2.45) is 23.2 Å². The van der Waals surface area contributed by atoms with Crippen molar-refractivity contribution in [3.05, 3.63) is 28.8 Å². The third-order valence-electron chi connectivity index (χ3n) is 9.99. The normalized spacial score (nSPS) is 32.6. The van der Waals surface area contributed by atoms with Crippen LogP contribution in [-0.2, 0) is 12.8 Å². The first-order chi connectivity index (χ1) is 14.5. The number of hydrogen-bond acceptors (Lipinski definition) is 2. The van der Waals surface area contributed by atoms with Crippen LogP contribution in [-0.4, -0.2) is 8.32 Å². The summed E-state index contributed by atoms with van der Waals surface area (Å²) in [6, 6.07) is 7.47. The monoisotopic (exact) mass is 437 g/mol. The van der Waals surface area contributed by atoms with Crippen molar-refractivity contribution >= 4 is 8.32 Å². The molecule has 3 aliphatic carbocycles. The maximum atomic E-state index is 9.35. The lowest BCUT2D eigenvalue weighted by atomic mass is 9.54. The number of benzene rings is 1. The maximum Gasteiger partial charge on any atom is 0.250 e. The van der Waals surface area contributed by atoms with Crippen molar-refractivity contribution in [1.29, 1.82) is 5.26 Å².